The molecule has 1 atom stereocenters. The number of phenolic OH excluding ortho intramolecular Hbond substituents is 1. The first-order valence-electron chi connectivity index (χ1n) is 5.89. The van der Waals surface area contributed by atoms with Crippen LogP contribution in [0.5, 0.6) is 5.75 Å². The number of rotatable bonds is 3. The third-order valence-electron chi connectivity index (χ3n) is 3.02. The average molecular weight is 276 g/mol. The zero-order valence-electron chi connectivity index (χ0n) is 10.8. The third kappa shape index (κ3) is 2.77. The van der Waals surface area contributed by atoms with Crippen LogP contribution in [0, 0.1) is 13.8 Å². The van der Waals surface area contributed by atoms with Crippen molar-refractivity contribution in [2.45, 2.75) is 19.9 Å². The van der Waals surface area contributed by atoms with Crippen molar-refractivity contribution in [3.8, 4) is 5.75 Å². The van der Waals surface area contributed by atoms with Gasteiger partial charge in [-0.25, -0.2) is 0 Å². The fraction of sp³-hybridized carbons (Fsp3) is 0.214. The molecule has 0 aliphatic rings. The van der Waals surface area contributed by atoms with Crippen LogP contribution in [0.3, 0.4) is 0 Å². The van der Waals surface area contributed by atoms with Gasteiger partial charge in [0, 0.05) is 16.1 Å². The molecule has 1 heterocycles. The second kappa shape index (κ2) is 5.42. The van der Waals surface area contributed by atoms with Gasteiger partial charge in [0.2, 0.25) is 5.91 Å². The molecule has 2 aromatic rings. The molecule has 0 aliphatic heterocycles. The highest BCUT2D eigenvalue weighted by atomic mass is 32.1. The summed E-state index contributed by atoms with van der Waals surface area (Å²) >= 11 is 1.44. The van der Waals surface area contributed by atoms with Crippen LogP contribution >= 0.6 is 11.3 Å². The number of nitrogens with one attached hydrogen (secondary N) is 1. The van der Waals surface area contributed by atoms with Crippen LogP contribution in [0.15, 0.2) is 29.6 Å². The van der Waals surface area contributed by atoms with Crippen LogP contribution in [-0.4, -0.2) is 11.0 Å². The molecule has 0 fully saturated rings. The number of thiophene rings is 1. The molecule has 0 radical (unpaired) electrons. The van der Waals surface area contributed by atoms with E-state index >= 15 is 0 Å². The maximum Gasteiger partial charge on any atom is 0.246 e. The minimum Gasteiger partial charge on any atom is -0.507 e. The Hall–Kier alpha value is -1.85. The molecule has 1 amide bonds. The fourth-order valence-electron chi connectivity index (χ4n) is 1.78. The van der Waals surface area contributed by atoms with Crippen LogP contribution < -0.4 is 11.1 Å². The number of benzene rings is 1. The molecular weight excluding hydrogens is 260 g/mol. The van der Waals surface area contributed by atoms with Gasteiger partial charge in [0.15, 0.2) is 0 Å². The zero-order chi connectivity index (χ0) is 14.0. The number of phenols is 1. The Bertz CT molecular complexity index is 594. The van der Waals surface area contributed by atoms with Gasteiger partial charge in [-0.1, -0.05) is 12.1 Å². The number of hydrogen-bond donors (Lipinski definition) is 3. The van der Waals surface area contributed by atoms with Crippen LogP contribution in [0.25, 0.3) is 0 Å². The first kappa shape index (κ1) is 13.6. The predicted molar refractivity (Wildman–Crippen MR) is 77.5 cm³/mol. The molecule has 1 aromatic heterocycles. The summed E-state index contributed by atoms with van der Waals surface area (Å²) in [6.07, 6.45) is 0. The van der Waals surface area contributed by atoms with Crippen molar-refractivity contribution in [1.29, 1.82) is 0 Å². The fourth-order valence-corrected chi connectivity index (χ4v) is 2.50. The van der Waals surface area contributed by atoms with E-state index in [1.807, 2.05) is 24.4 Å². The van der Waals surface area contributed by atoms with Crippen molar-refractivity contribution in [2.24, 2.45) is 5.73 Å². The Labute approximate surface area is 115 Å². The lowest BCUT2D eigenvalue weighted by Gasteiger charge is -2.14. The molecule has 0 aliphatic carbocycles. The Kier molecular flexibility index (Phi) is 3.87. The molecule has 100 valence electrons. The van der Waals surface area contributed by atoms with Crippen LogP contribution in [0.1, 0.15) is 22.0 Å². The van der Waals surface area contributed by atoms with Crippen LogP contribution in [0.4, 0.5) is 5.69 Å². The number of amides is 1. The van der Waals surface area contributed by atoms with Gasteiger partial charge in [0.1, 0.15) is 11.8 Å². The van der Waals surface area contributed by atoms with Gasteiger partial charge < -0.3 is 16.2 Å². The summed E-state index contributed by atoms with van der Waals surface area (Å²) in [4.78, 5) is 12.9. The summed E-state index contributed by atoms with van der Waals surface area (Å²) in [5.41, 5.74) is 7.89. The number of anilines is 1. The number of carbonyl (C=O) groups is 1. The third-order valence-corrected chi connectivity index (χ3v) is 3.98. The van der Waals surface area contributed by atoms with E-state index in [1.165, 1.54) is 11.3 Å². The van der Waals surface area contributed by atoms with E-state index in [2.05, 4.69) is 5.32 Å². The van der Waals surface area contributed by atoms with Crippen molar-refractivity contribution in [2.75, 3.05) is 5.32 Å². The molecule has 2 rings (SSSR count). The monoisotopic (exact) mass is 276 g/mol. The second-order valence-corrected chi connectivity index (χ2v) is 5.37. The number of aromatic hydroxyl groups is 1. The van der Waals surface area contributed by atoms with Crippen molar-refractivity contribution in [3.63, 3.8) is 0 Å². The van der Waals surface area contributed by atoms with Gasteiger partial charge >= 0.3 is 0 Å². The Morgan fingerprint density at radius 1 is 1.37 bits per heavy atom. The first-order chi connectivity index (χ1) is 9.00. The molecule has 4 nitrogen and oxygen atoms in total. The first-order valence-corrected chi connectivity index (χ1v) is 6.77. The summed E-state index contributed by atoms with van der Waals surface area (Å²) in [6, 6.07) is 6.52. The van der Waals surface area contributed by atoms with E-state index < -0.39 is 6.04 Å². The SMILES string of the molecule is Cc1ccc(NC(=O)C(N)c2cccs2)c(C)c1O. The minimum absolute atomic E-state index is 0.197. The van der Waals surface area contributed by atoms with Gasteiger partial charge in [-0.2, -0.15) is 0 Å². The molecule has 0 saturated heterocycles. The lowest BCUT2D eigenvalue weighted by molar-refractivity contribution is -0.117. The summed E-state index contributed by atoms with van der Waals surface area (Å²) in [6.45, 7) is 3.57. The average Bonchev–Trinajstić information content (AvgIpc) is 2.92. The van der Waals surface area contributed by atoms with E-state index in [4.69, 9.17) is 5.73 Å². The van der Waals surface area contributed by atoms with Crippen molar-refractivity contribution in [1.82, 2.24) is 0 Å². The lowest BCUT2D eigenvalue weighted by atomic mass is 10.1. The number of carbonyl (C=O) groups excluding carboxylic acids is 1. The molecule has 0 saturated carbocycles. The molecule has 1 aromatic carbocycles. The summed E-state index contributed by atoms with van der Waals surface area (Å²) in [7, 11) is 0. The Morgan fingerprint density at radius 3 is 2.74 bits per heavy atom. The highest BCUT2D eigenvalue weighted by Gasteiger charge is 2.18. The van der Waals surface area contributed by atoms with Gasteiger partial charge in [-0.05, 0) is 36.9 Å². The molecule has 4 N–H and O–H groups in total. The van der Waals surface area contributed by atoms with E-state index in [0.717, 1.165) is 10.4 Å². The Balaban J connectivity index is 2.18. The molecule has 0 spiro atoms. The van der Waals surface area contributed by atoms with E-state index in [-0.39, 0.29) is 11.7 Å². The van der Waals surface area contributed by atoms with Crippen molar-refractivity contribution < 1.29 is 9.90 Å². The maximum absolute atomic E-state index is 12.0. The summed E-state index contributed by atoms with van der Waals surface area (Å²) in [5, 5.41) is 14.5. The molecule has 1 unspecified atom stereocenters. The maximum atomic E-state index is 12.0. The van der Waals surface area contributed by atoms with E-state index in [0.29, 0.717) is 11.3 Å². The van der Waals surface area contributed by atoms with Gasteiger partial charge in [-0.15, -0.1) is 11.3 Å². The largest absolute Gasteiger partial charge is 0.507 e. The van der Waals surface area contributed by atoms with Crippen molar-refractivity contribution in [3.05, 3.63) is 45.6 Å². The number of nitrogens with two attached hydrogens (primary N) is 1. The Morgan fingerprint density at radius 2 is 2.11 bits per heavy atom. The normalized spacial score (nSPS) is 12.2. The smallest absolute Gasteiger partial charge is 0.246 e. The minimum atomic E-state index is -0.692. The molecule has 19 heavy (non-hydrogen) atoms. The zero-order valence-corrected chi connectivity index (χ0v) is 11.6. The van der Waals surface area contributed by atoms with Crippen LogP contribution in [0.2, 0.25) is 0 Å². The topological polar surface area (TPSA) is 75.4 Å². The quantitative estimate of drug-likeness (QED) is 0.806. The van der Waals surface area contributed by atoms with Crippen LogP contribution in [-0.2, 0) is 4.79 Å². The highest BCUT2D eigenvalue weighted by Crippen LogP contribution is 2.28. The second-order valence-electron chi connectivity index (χ2n) is 4.39. The summed E-state index contributed by atoms with van der Waals surface area (Å²) < 4.78 is 0. The van der Waals surface area contributed by atoms with Gasteiger partial charge in [0.25, 0.3) is 0 Å². The summed E-state index contributed by atoms with van der Waals surface area (Å²) in [5.74, 6) is -0.0868. The molecular formula is C14H16N2O2S. The standard InChI is InChI=1S/C14H16N2O2S/c1-8-5-6-10(9(2)13(8)17)16-14(18)12(15)11-4-3-7-19-11/h3-7,12,17H,15H2,1-2H3,(H,16,18). The number of aryl methyl sites for hydroxylation is 1. The van der Waals surface area contributed by atoms with Crippen molar-refractivity contribution >= 4 is 22.9 Å². The molecule has 5 heteroatoms. The number of hydrogen-bond acceptors (Lipinski definition) is 4. The van der Waals surface area contributed by atoms with Gasteiger partial charge in [0.05, 0.1) is 0 Å². The molecule has 0 bridgehead atoms. The van der Waals surface area contributed by atoms with E-state index in [9.17, 15) is 9.90 Å². The predicted octanol–water partition coefficient (Wildman–Crippen LogP) is 2.71. The highest BCUT2D eigenvalue weighted by molar-refractivity contribution is 7.10. The lowest BCUT2D eigenvalue weighted by Crippen LogP contribution is -2.27. The van der Waals surface area contributed by atoms with Gasteiger partial charge in [-0.3, -0.25) is 4.79 Å². The van der Waals surface area contributed by atoms with E-state index in [1.54, 1.807) is 19.1 Å².